The van der Waals surface area contributed by atoms with Gasteiger partial charge in [-0.1, -0.05) is 22.6 Å². The summed E-state index contributed by atoms with van der Waals surface area (Å²) in [5.74, 6) is -0.833. The highest BCUT2D eigenvalue weighted by atomic mass is 127. The van der Waals surface area contributed by atoms with Crippen LogP contribution < -0.4 is 0 Å². The van der Waals surface area contributed by atoms with E-state index in [9.17, 15) is 14.7 Å². The summed E-state index contributed by atoms with van der Waals surface area (Å²) in [6, 6.07) is 0. The van der Waals surface area contributed by atoms with Gasteiger partial charge in [-0.3, -0.25) is 9.59 Å². The first-order valence-corrected chi connectivity index (χ1v) is 6.33. The van der Waals surface area contributed by atoms with Crippen LogP contribution in [0.2, 0.25) is 0 Å². The van der Waals surface area contributed by atoms with E-state index >= 15 is 0 Å². The summed E-state index contributed by atoms with van der Waals surface area (Å²) in [6.07, 6.45) is -0.490. The Morgan fingerprint density at radius 1 is 1.19 bits per heavy atom. The molecule has 0 spiro atoms. The van der Waals surface area contributed by atoms with Gasteiger partial charge >= 0.3 is 11.9 Å². The first kappa shape index (κ1) is 13.7. The first-order valence-electron chi connectivity index (χ1n) is 5.08. The molecule has 5 nitrogen and oxygen atoms in total. The maximum atomic E-state index is 10.9. The third-order valence-electron chi connectivity index (χ3n) is 2.41. The van der Waals surface area contributed by atoms with Crippen LogP contribution >= 0.6 is 22.6 Å². The number of hydrogen-bond acceptors (Lipinski definition) is 5. The molecule has 1 aliphatic rings. The number of ether oxygens (including phenoxy) is 2. The maximum Gasteiger partial charge on any atom is 0.303 e. The van der Waals surface area contributed by atoms with Gasteiger partial charge < -0.3 is 14.6 Å². The molecule has 1 saturated carbocycles. The number of halogens is 1. The molecule has 16 heavy (non-hydrogen) atoms. The molecule has 1 fully saturated rings. The van der Waals surface area contributed by atoms with Gasteiger partial charge in [-0.15, -0.1) is 0 Å². The Kier molecular flexibility index (Phi) is 4.97. The van der Waals surface area contributed by atoms with Gasteiger partial charge in [0.1, 0.15) is 6.10 Å². The number of alkyl halides is 1. The van der Waals surface area contributed by atoms with Crippen LogP contribution in [-0.4, -0.2) is 39.3 Å². The molecule has 1 rings (SSSR count). The van der Waals surface area contributed by atoms with Crippen molar-refractivity contribution < 1.29 is 24.2 Å². The Balaban J connectivity index is 2.72. The van der Waals surface area contributed by atoms with Crippen molar-refractivity contribution in [1.82, 2.24) is 0 Å². The number of carbonyl (C=O) groups is 2. The molecule has 0 saturated heterocycles. The lowest BCUT2D eigenvalue weighted by atomic mass is 9.92. The largest absolute Gasteiger partial charge is 0.459 e. The zero-order valence-corrected chi connectivity index (χ0v) is 11.3. The van der Waals surface area contributed by atoms with E-state index in [0.717, 1.165) is 0 Å². The highest BCUT2D eigenvalue weighted by molar-refractivity contribution is 14.1. The normalized spacial score (nSPS) is 34.2. The number of esters is 2. The smallest absolute Gasteiger partial charge is 0.303 e. The fourth-order valence-corrected chi connectivity index (χ4v) is 2.72. The number of aliphatic hydroxyl groups excluding tert-OH is 1. The highest BCUT2D eigenvalue weighted by Gasteiger charge is 2.41. The molecule has 0 unspecified atom stereocenters. The van der Waals surface area contributed by atoms with Crippen LogP contribution in [0.15, 0.2) is 0 Å². The second-order valence-electron chi connectivity index (χ2n) is 3.81. The molecule has 0 amide bonds. The van der Waals surface area contributed by atoms with Crippen LogP contribution in [0.1, 0.15) is 26.7 Å². The summed E-state index contributed by atoms with van der Waals surface area (Å²) in [7, 11) is 0. The van der Waals surface area contributed by atoms with E-state index < -0.39 is 30.3 Å². The maximum absolute atomic E-state index is 10.9. The average Bonchev–Trinajstić information content (AvgIpc) is 2.16. The SMILES string of the molecule is CC(=O)O[C@H]1[C@@H](I)[C@H](O)CC[C@H]1OC(C)=O. The van der Waals surface area contributed by atoms with Crippen LogP contribution in [-0.2, 0) is 19.1 Å². The van der Waals surface area contributed by atoms with Crippen molar-refractivity contribution in [3.63, 3.8) is 0 Å². The molecule has 92 valence electrons. The Hall–Kier alpha value is -0.370. The molecule has 0 aromatic carbocycles. The van der Waals surface area contributed by atoms with Crippen molar-refractivity contribution in [3.8, 4) is 0 Å². The van der Waals surface area contributed by atoms with Gasteiger partial charge in [0.05, 0.1) is 10.0 Å². The fourth-order valence-electron chi connectivity index (χ4n) is 1.75. The van der Waals surface area contributed by atoms with Crippen LogP contribution in [0.4, 0.5) is 0 Å². The van der Waals surface area contributed by atoms with Gasteiger partial charge in [-0.25, -0.2) is 0 Å². The second kappa shape index (κ2) is 5.81. The topological polar surface area (TPSA) is 72.8 Å². The minimum atomic E-state index is -0.564. The van der Waals surface area contributed by atoms with E-state index in [4.69, 9.17) is 9.47 Å². The van der Waals surface area contributed by atoms with Crippen molar-refractivity contribution in [2.75, 3.05) is 0 Å². The lowest BCUT2D eigenvalue weighted by Crippen LogP contribution is -2.49. The molecule has 1 N–H and O–H groups in total. The number of hydrogen-bond donors (Lipinski definition) is 1. The van der Waals surface area contributed by atoms with Gasteiger partial charge in [-0.2, -0.15) is 0 Å². The van der Waals surface area contributed by atoms with Crippen molar-refractivity contribution in [2.24, 2.45) is 0 Å². The minimum absolute atomic E-state index is 0.250. The third kappa shape index (κ3) is 3.58. The lowest BCUT2D eigenvalue weighted by Gasteiger charge is -2.36. The predicted octanol–water partition coefficient (Wildman–Crippen LogP) is 0.808. The zero-order valence-electron chi connectivity index (χ0n) is 9.18. The van der Waals surface area contributed by atoms with E-state index in [1.54, 1.807) is 0 Å². The van der Waals surface area contributed by atoms with Crippen molar-refractivity contribution in [1.29, 1.82) is 0 Å². The fraction of sp³-hybridized carbons (Fsp3) is 0.800. The third-order valence-corrected chi connectivity index (χ3v) is 3.95. The van der Waals surface area contributed by atoms with Gasteiger partial charge in [0.15, 0.2) is 6.10 Å². The molecular weight excluding hydrogens is 327 g/mol. The van der Waals surface area contributed by atoms with Gasteiger partial charge in [0.2, 0.25) is 0 Å². The van der Waals surface area contributed by atoms with E-state index in [2.05, 4.69) is 0 Å². The monoisotopic (exact) mass is 342 g/mol. The van der Waals surface area contributed by atoms with Gasteiger partial charge in [0, 0.05) is 13.8 Å². The summed E-state index contributed by atoms with van der Waals surface area (Å²) in [5, 5.41) is 9.67. The Morgan fingerprint density at radius 2 is 1.75 bits per heavy atom. The van der Waals surface area contributed by atoms with E-state index in [-0.39, 0.29) is 3.92 Å². The predicted molar refractivity (Wildman–Crippen MR) is 64.2 cm³/mol. The Morgan fingerprint density at radius 3 is 2.25 bits per heavy atom. The van der Waals surface area contributed by atoms with Crippen LogP contribution in [0.25, 0.3) is 0 Å². The van der Waals surface area contributed by atoms with E-state index in [1.165, 1.54) is 13.8 Å². The van der Waals surface area contributed by atoms with E-state index in [0.29, 0.717) is 12.8 Å². The van der Waals surface area contributed by atoms with Gasteiger partial charge in [-0.05, 0) is 12.8 Å². The molecule has 0 aromatic heterocycles. The van der Waals surface area contributed by atoms with E-state index in [1.807, 2.05) is 22.6 Å². The van der Waals surface area contributed by atoms with Gasteiger partial charge in [0.25, 0.3) is 0 Å². The van der Waals surface area contributed by atoms with Crippen LogP contribution in [0.5, 0.6) is 0 Å². The van der Waals surface area contributed by atoms with Crippen LogP contribution in [0.3, 0.4) is 0 Å². The van der Waals surface area contributed by atoms with Crippen LogP contribution in [0, 0.1) is 0 Å². The zero-order chi connectivity index (χ0) is 12.3. The summed E-state index contributed by atoms with van der Waals surface area (Å²) in [5.41, 5.74) is 0. The molecule has 0 heterocycles. The summed E-state index contributed by atoms with van der Waals surface area (Å²) in [6.45, 7) is 2.62. The number of carbonyl (C=O) groups excluding carboxylic acids is 2. The molecule has 1 aliphatic carbocycles. The molecule has 4 atom stereocenters. The first-order chi connectivity index (χ1) is 7.41. The minimum Gasteiger partial charge on any atom is -0.459 e. The summed E-state index contributed by atoms with van der Waals surface area (Å²) < 4.78 is 9.94. The summed E-state index contributed by atoms with van der Waals surface area (Å²) >= 11 is 2.02. The standard InChI is InChI=1S/C10H15IO5/c1-5(12)15-8-4-3-7(14)9(11)10(8)16-6(2)13/h7-10,14H,3-4H2,1-2H3/t7-,8-,9+,10-/m1/s1. The number of aliphatic hydroxyl groups is 1. The van der Waals surface area contributed by atoms with Crippen molar-refractivity contribution >= 4 is 34.5 Å². The summed E-state index contributed by atoms with van der Waals surface area (Å²) in [4.78, 5) is 21.9. The molecule has 0 aromatic rings. The Bertz CT molecular complexity index is 280. The highest BCUT2D eigenvalue weighted by Crippen LogP contribution is 2.30. The number of rotatable bonds is 2. The van der Waals surface area contributed by atoms with Crippen molar-refractivity contribution in [3.05, 3.63) is 0 Å². The Labute approximate surface area is 108 Å². The molecule has 0 radical (unpaired) electrons. The molecular formula is C10H15IO5. The molecule has 0 aliphatic heterocycles. The quantitative estimate of drug-likeness (QED) is 0.457. The molecule has 0 bridgehead atoms. The van der Waals surface area contributed by atoms with Crippen molar-refractivity contribution in [2.45, 2.75) is 48.9 Å². The lowest BCUT2D eigenvalue weighted by molar-refractivity contribution is -0.171. The second-order valence-corrected chi connectivity index (χ2v) is 5.25. The molecule has 6 heteroatoms. The average molecular weight is 342 g/mol.